The Kier molecular flexibility index (Phi) is 4.40. The fourth-order valence-corrected chi connectivity index (χ4v) is 2.81. The number of nitrogens with zero attached hydrogens (tertiary/aromatic N) is 1. The Bertz CT molecular complexity index is 270. The summed E-state index contributed by atoms with van der Waals surface area (Å²) in [5.74, 6) is 0.987. The van der Waals surface area contributed by atoms with Crippen LogP contribution in [0.2, 0.25) is 0 Å². The van der Waals surface area contributed by atoms with E-state index in [2.05, 4.69) is 19.2 Å². The summed E-state index contributed by atoms with van der Waals surface area (Å²) in [7, 11) is 0. The first-order chi connectivity index (χ1) is 8.22. The summed E-state index contributed by atoms with van der Waals surface area (Å²) in [6.07, 6.45) is 3.39. The summed E-state index contributed by atoms with van der Waals surface area (Å²) >= 11 is 0. The maximum atomic E-state index is 12.4. The quantitative estimate of drug-likeness (QED) is 0.783. The van der Waals surface area contributed by atoms with Crippen LogP contribution in [-0.4, -0.2) is 49.2 Å². The SMILES string of the molecule is CCC1CCNC(C(=O)N2CCOCC2C)C1. The van der Waals surface area contributed by atoms with Crippen molar-refractivity contribution in [1.29, 1.82) is 0 Å². The zero-order chi connectivity index (χ0) is 12.3. The van der Waals surface area contributed by atoms with Crippen molar-refractivity contribution >= 4 is 5.91 Å². The minimum absolute atomic E-state index is 0.0363. The van der Waals surface area contributed by atoms with Crippen LogP contribution in [-0.2, 0) is 9.53 Å². The van der Waals surface area contributed by atoms with E-state index in [0.717, 1.165) is 19.5 Å². The van der Waals surface area contributed by atoms with Crippen LogP contribution in [0.3, 0.4) is 0 Å². The maximum Gasteiger partial charge on any atom is 0.240 e. The van der Waals surface area contributed by atoms with Gasteiger partial charge in [-0.2, -0.15) is 0 Å². The van der Waals surface area contributed by atoms with Crippen LogP contribution < -0.4 is 5.32 Å². The Morgan fingerprint density at radius 2 is 2.35 bits per heavy atom. The van der Waals surface area contributed by atoms with E-state index in [4.69, 9.17) is 4.74 Å². The van der Waals surface area contributed by atoms with Gasteiger partial charge in [-0.15, -0.1) is 0 Å². The number of morpholine rings is 1. The molecule has 98 valence electrons. The lowest BCUT2D eigenvalue weighted by atomic mass is 9.89. The van der Waals surface area contributed by atoms with Crippen molar-refractivity contribution in [2.45, 2.75) is 45.2 Å². The van der Waals surface area contributed by atoms with E-state index in [1.807, 2.05) is 4.90 Å². The summed E-state index contributed by atoms with van der Waals surface area (Å²) in [6, 6.07) is 0.259. The summed E-state index contributed by atoms with van der Waals surface area (Å²) in [4.78, 5) is 14.4. The summed E-state index contributed by atoms with van der Waals surface area (Å²) in [6.45, 7) is 7.37. The van der Waals surface area contributed by atoms with E-state index in [-0.39, 0.29) is 18.0 Å². The summed E-state index contributed by atoms with van der Waals surface area (Å²) in [5, 5.41) is 3.37. The molecule has 17 heavy (non-hydrogen) atoms. The number of piperidine rings is 1. The first-order valence-corrected chi connectivity index (χ1v) is 6.84. The lowest BCUT2D eigenvalue weighted by Crippen LogP contribution is -2.56. The fourth-order valence-electron chi connectivity index (χ4n) is 2.81. The van der Waals surface area contributed by atoms with Gasteiger partial charge < -0.3 is 15.0 Å². The molecule has 0 radical (unpaired) electrons. The van der Waals surface area contributed by atoms with Crippen LogP contribution in [0.4, 0.5) is 0 Å². The minimum atomic E-state index is 0.0363. The molecule has 2 saturated heterocycles. The molecule has 2 heterocycles. The van der Waals surface area contributed by atoms with Gasteiger partial charge in [-0.1, -0.05) is 13.3 Å². The Morgan fingerprint density at radius 1 is 1.53 bits per heavy atom. The van der Waals surface area contributed by atoms with Gasteiger partial charge in [0.2, 0.25) is 5.91 Å². The molecule has 3 unspecified atom stereocenters. The van der Waals surface area contributed by atoms with Crippen molar-refractivity contribution in [3.63, 3.8) is 0 Å². The molecule has 0 bridgehead atoms. The van der Waals surface area contributed by atoms with Gasteiger partial charge in [0.15, 0.2) is 0 Å². The molecule has 2 fully saturated rings. The van der Waals surface area contributed by atoms with E-state index >= 15 is 0 Å². The van der Waals surface area contributed by atoms with Crippen molar-refractivity contribution in [2.75, 3.05) is 26.3 Å². The van der Waals surface area contributed by atoms with Crippen LogP contribution in [0.15, 0.2) is 0 Å². The highest BCUT2D eigenvalue weighted by Crippen LogP contribution is 2.21. The molecule has 0 aromatic rings. The van der Waals surface area contributed by atoms with Gasteiger partial charge >= 0.3 is 0 Å². The molecule has 2 aliphatic rings. The molecule has 3 atom stereocenters. The molecule has 2 rings (SSSR count). The Morgan fingerprint density at radius 3 is 3.06 bits per heavy atom. The third-order valence-electron chi connectivity index (χ3n) is 4.04. The zero-order valence-corrected chi connectivity index (χ0v) is 10.9. The Labute approximate surface area is 104 Å². The van der Waals surface area contributed by atoms with Gasteiger partial charge in [0.25, 0.3) is 0 Å². The predicted molar refractivity (Wildman–Crippen MR) is 66.8 cm³/mol. The van der Waals surface area contributed by atoms with Crippen molar-refractivity contribution in [2.24, 2.45) is 5.92 Å². The van der Waals surface area contributed by atoms with Gasteiger partial charge in [-0.25, -0.2) is 0 Å². The molecule has 0 aromatic carbocycles. The second-order valence-corrected chi connectivity index (χ2v) is 5.26. The Hall–Kier alpha value is -0.610. The van der Waals surface area contributed by atoms with Crippen molar-refractivity contribution in [3.8, 4) is 0 Å². The maximum absolute atomic E-state index is 12.4. The third-order valence-corrected chi connectivity index (χ3v) is 4.04. The van der Waals surface area contributed by atoms with Crippen LogP contribution in [0, 0.1) is 5.92 Å². The molecule has 0 aromatic heterocycles. The number of hydrogen-bond acceptors (Lipinski definition) is 3. The Balaban J connectivity index is 1.93. The normalized spacial score (nSPS) is 34.7. The predicted octanol–water partition coefficient (Wildman–Crippen LogP) is 1.01. The molecular formula is C13H24N2O2. The first kappa shape index (κ1) is 12.8. The molecule has 0 spiro atoms. The third kappa shape index (κ3) is 2.99. The van der Waals surface area contributed by atoms with Gasteiger partial charge in [0.05, 0.1) is 25.3 Å². The number of nitrogens with one attached hydrogen (secondary N) is 1. The minimum Gasteiger partial charge on any atom is -0.377 e. The molecular weight excluding hydrogens is 216 g/mol. The van der Waals surface area contributed by atoms with Crippen LogP contribution in [0.25, 0.3) is 0 Å². The second kappa shape index (κ2) is 5.83. The first-order valence-electron chi connectivity index (χ1n) is 6.84. The van der Waals surface area contributed by atoms with E-state index < -0.39 is 0 Å². The fraction of sp³-hybridized carbons (Fsp3) is 0.923. The number of amides is 1. The van der Waals surface area contributed by atoms with Crippen LogP contribution in [0.1, 0.15) is 33.1 Å². The van der Waals surface area contributed by atoms with Gasteiger partial charge in [0, 0.05) is 6.54 Å². The van der Waals surface area contributed by atoms with Crippen molar-refractivity contribution in [3.05, 3.63) is 0 Å². The molecule has 1 N–H and O–H groups in total. The molecule has 4 heteroatoms. The molecule has 2 aliphatic heterocycles. The number of ether oxygens (including phenoxy) is 1. The lowest BCUT2D eigenvalue weighted by Gasteiger charge is -2.38. The average Bonchev–Trinajstić information content (AvgIpc) is 2.38. The number of rotatable bonds is 2. The standard InChI is InChI=1S/C13H24N2O2/c1-3-11-4-5-14-12(8-11)13(16)15-6-7-17-9-10(15)2/h10-12,14H,3-9H2,1-2H3. The largest absolute Gasteiger partial charge is 0.377 e. The number of hydrogen-bond donors (Lipinski definition) is 1. The summed E-state index contributed by atoms with van der Waals surface area (Å²) in [5.41, 5.74) is 0. The summed E-state index contributed by atoms with van der Waals surface area (Å²) < 4.78 is 5.38. The molecule has 0 saturated carbocycles. The topological polar surface area (TPSA) is 41.6 Å². The van der Waals surface area contributed by atoms with Crippen molar-refractivity contribution in [1.82, 2.24) is 10.2 Å². The van der Waals surface area contributed by atoms with E-state index in [1.54, 1.807) is 0 Å². The molecule has 1 amide bonds. The second-order valence-electron chi connectivity index (χ2n) is 5.26. The smallest absolute Gasteiger partial charge is 0.240 e. The lowest BCUT2D eigenvalue weighted by molar-refractivity contribution is -0.142. The highest BCUT2D eigenvalue weighted by molar-refractivity contribution is 5.82. The highest BCUT2D eigenvalue weighted by Gasteiger charge is 2.32. The van der Waals surface area contributed by atoms with E-state index in [0.29, 0.717) is 19.1 Å². The van der Waals surface area contributed by atoms with Crippen molar-refractivity contribution < 1.29 is 9.53 Å². The van der Waals surface area contributed by atoms with Gasteiger partial charge in [0.1, 0.15) is 0 Å². The average molecular weight is 240 g/mol. The molecule has 0 aliphatic carbocycles. The number of carbonyl (C=O) groups is 1. The highest BCUT2D eigenvalue weighted by atomic mass is 16.5. The molecule has 4 nitrogen and oxygen atoms in total. The van der Waals surface area contributed by atoms with E-state index in [9.17, 15) is 4.79 Å². The van der Waals surface area contributed by atoms with Crippen LogP contribution >= 0.6 is 0 Å². The van der Waals surface area contributed by atoms with Gasteiger partial charge in [-0.3, -0.25) is 4.79 Å². The van der Waals surface area contributed by atoms with E-state index in [1.165, 1.54) is 12.8 Å². The monoisotopic (exact) mass is 240 g/mol. The van der Waals surface area contributed by atoms with Gasteiger partial charge in [-0.05, 0) is 32.2 Å². The zero-order valence-electron chi connectivity index (χ0n) is 10.9. The number of carbonyl (C=O) groups excluding carboxylic acids is 1. The van der Waals surface area contributed by atoms with Crippen LogP contribution in [0.5, 0.6) is 0 Å².